The van der Waals surface area contributed by atoms with Crippen LogP contribution >= 0.6 is 0 Å². The molecule has 0 radical (unpaired) electrons. The van der Waals surface area contributed by atoms with Gasteiger partial charge in [-0.25, -0.2) is 9.59 Å². The highest BCUT2D eigenvalue weighted by atomic mass is 16.6. The summed E-state index contributed by atoms with van der Waals surface area (Å²) in [5.41, 5.74) is 4.82. The van der Waals surface area contributed by atoms with Gasteiger partial charge in [-0.2, -0.15) is 0 Å². The van der Waals surface area contributed by atoms with Crippen LogP contribution in [0, 0.1) is 11.8 Å². The SMILES string of the molecule is CC(C)CC(NC(=O)N(C(=O)c1ccccc1)C1CCN(C(=O)OC(C)(C)C)CC1)C(=O)NC(C[C@@H]1CCNC1=O)C(=O)C(N)=O. The monoisotopic (exact) mass is 642 g/mol. The molecule has 7 amide bonds. The molecule has 0 aromatic heterocycles. The summed E-state index contributed by atoms with van der Waals surface area (Å²) in [4.78, 5) is 93.1. The Labute approximate surface area is 269 Å². The second-order valence-corrected chi connectivity index (χ2v) is 13.2. The van der Waals surface area contributed by atoms with E-state index in [0.29, 0.717) is 13.0 Å². The van der Waals surface area contributed by atoms with E-state index in [2.05, 4.69) is 16.0 Å². The predicted molar refractivity (Wildman–Crippen MR) is 167 cm³/mol. The Morgan fingerprint density at radius 3 is 2.15 bits per heavy atom. The van der Waals surface area contributed by atoms with Crippen molar-refractivity contribution in [3.8, 4) is 0 Å². The van der Waals surface area contributed by atoms with Crippen LogP contribution in [0.4, 0.5) is 9.59 Å². The molecule has 3 atom stereocenters. The van der Waals surface area contributed by atoms with Crippen LogP contribution in [0.5, 0.6) is 0 Å². The van der Waals surface area contributed by atoms with E-state index in [1.807, 2.05) is 13.8 Å². The van der Waals surface area contributed by atoms with E-state index < -0.39 is 65.3 Å². The van der Waals surface area contributed by atoms with E-state index >= 15 is 0 Å². The third-order valence-electron chi connectivity index (χ3n) is 7.82. The van der Waals surface area contributed by atoms with Gasteiger partial charge in [0.05, 0.1) is 6.04 Å². The largest absolute Gasteiger partial charge is 0.444 e. The zero-order valence-corrected chi connectivity index (χ0v) is 27.2. The minimum absolute atomic E-state index is 0.0997. The molecule has 2 aliphatic heterocycles. The van der Waals surface area contributed by atoms with Gasteiger partial charge < -0.3 is 31.3 Å². The van der Waals surface area contributed by atoms with Crippen LogP contribution in [0.25, 0.3) is 0 Å². The number of imide groups is 1. The molecule has 2 heterocycles. The number of nitrogens with one attached hydrogen (secondary N) is 3. The predicted octanol–water partition coefficient (Wildman–Crippen LogP) is 1.72. The minimum Gasteiger partial charge on any atom is -0.444 e. The minimum atomic E-state index is -1.37. The summed E-state index contributed by atoms with van der Waals surface area (Å²) in [6.45, 7) is 9.86. The standard InChI is InChI=1S/C32H46N6O8/c1-19(2)17-24(28(42)35-23(25(39)26(33)40)18-21-11-14-34-27(21)41)36-30(44)38(29(43)20-9-7-6-8-10-20)22-12-15-37(16-13-22)31(45)46-32(3,4)5/h6-10,19,21-24H,11-18H2,1-5H3,(H2,33,40)(H,34,41)(H,35,42)(H,36,44)/t21-,23?,24?/m0/s1. The fraction of sp³-hybridized carbons (Fsp3) is 0.594. The van der Waals surface area contributed by atoms with Gasteiger partial charge in [0.15, 0.2) is 0 Å². The molecule has 0 spiro atoms. The Morgan fingerprint density at radius 1 is 1.00 bits per heavy atom. The summed E-state index contributed by atoms with van der Waals surface area (Å²) in [6, 6.07) is 4.26. The van der Waals surface area contributed by atoms with Gasteiger partial charge in [-0.3, -0.25) is 28.9 Å². The third-order valence-corrected chi connectivity index (χ3v) is 7.82. The van der Waals surface area contributed by atoms with Crippen LogP contribution in [-0.2, 0) is 23.9 Å². The van der Waals surface area contributed by atoms with Crippen molar-refractivity contribution in [2.45, 2.75) is 90.4 Å². The average Bonchev–Trinajstić information content (AvgIpc) is 3.39. The number of carbonyl (C=O) groups excluding carboxylic acids is 7. The topological polar surface area (TPSA) is 197 Å². The van der Waals surface area contributed by atoms with Crippen molar-refractivity contribution < 1.29 is 38.3 Å². The van der Waals surface area contributed by atoms with Crippen LogP contribution in [0.2, 0.25) is 0 Å². The van der Waals surface area contributed by atoms with Gasteiger partial charge in [0.1, 0.15) is 11.6 Å². The Balaban J connectivity index is 1.82. The quantitative estimate of drug-likeness (QED) is 0.262. The maximum atomic E-state index is 13.9. The van der Waals surface area contributed by atoms with Crippen LogP contribution in [0.15, 0.2) is 30.3 Å². The highest BCUT2D eigenvalue weighted by Crippen LogP contribution is 2.22. The smallest absolute Gasteiger partial charge is 0.410 e. The molecule has 3 rings (SSSR count). The maximum Gasteiger partial charge on any atom is 0.410 e. The zero-order valence-electron chi connectivity index (χ0n) is 27.2. The Kier molecular flexibility index (Phi) is 12.3. The van der Waals surface area contributed by atoms with Crippen molar-refractivity contribution >= 4 is 41.5 Å². The number of urea groups is 1. The molecule has 2 saturated heterocycles. The molecule has 2 unspecified atom stereocenters. The molecule has 1 aromatic rings. The Morgan fingerprint density at radius 2 is 1.63 bits per heavy atom. The van der Waals surface area contributed by atoms with E-state index in [1.165, 1.54) is 4.90 Å². The number of carbonyl (C=O) groups is 7. The molecule has 1 aromatic carbocycles. The fourth-order valence-corrected chi connectivity index (χ4v) is 5.53. The number of ketones is 1. The number of Topliss-reactive ketones (excluding diaryl/α,β-unsaturated/α-hetero) is 1. The first-order chi connectivity index (χ1) is 21.6. The lowest BCUT2D eigenvalue weighted by Gasteiger charge is -2.38. The summed E-state index contributed by atoms with van der Waals surface area (Å²) >= 11 is 0. The van der Waals surface area contributed by atoms with Gasteiger partial charge in [0, 0.05) is 37.2 Å². The summed E-state index contributed by atoms with van der Waals surface area (Å²) in [7, 11) is 0. The number of nitrogens with two attached hydrogens (primary N) is 1. The van der Waals surface area contributed by atoms with Crippen molar-refractivity contribution in [2.75, 3.05) is 19.6 Å². The fourth-order valence-electron chi connectivity index (χ4n) is 5.53. The lowest BCUT2D eigenvalue weighted by Crippen LogP contribution is -2.59. The van der Waals surface area contributed by atoms with E-state index in [4.69, 9.17) is 10.5 Å². The third kappa shape index (κ3) is 10.0. The van der Waals surface area contributed by atoms with E-state index in [9.17, 15) is 33.6 Å². The number of ether oxygens (including phenoxy) is 1. The van der Waals surface area contributed by atoms with Gasteiger partial charge in [-0.15, -0.1) is 0 Å². The van der Waals surface area contributed by atoms with E-state index in [0.717, 1.165) is 4.90 Å². The second-order valence-electron chi connectivity index (χ2n) is 13.2. The van der Waals surface area contributed by atoms with E-state index in [1.54, 1.807) is 51.1 Å². The van der Waals surface area contributed by atoms with Crippen LogP contribution in [0.3, 0.4) is 0 Å². The number of rotatable bonds is 11. The molecule has 2 aliphatic rings. The van der Waals surface area contributed by atoms with Crippen molar-refractivity contribution in [1.82, 2.24) is 25.8 Å². The molecule has 0 bridgehead atoms. The maximum absolute atomic E-state index is 13.9. The highest BCUT2D eigenvalue weighted by molar-refractivity contribution is 6.38. The van der Waals surface area contributed by atoms with Gasteiger partial charge in [0.25, 0.3) is 11.8 Å². The zero-order chi connectivity index (χ0) is 34.2. The second kappa shape index (κ2) is 15.7. The number of primary amides is 1. The average molecular weight is 643 g/mol. The number of piperidine rings is 1. The molecule has 14 heteroatoms. The Bertz CT molecular complexity index is 1300. The molecule has 46 heavy (non-hydrogen) atoms. The van der Waals surface area contributed by atoms with Gasteiger partial charge in [0.2, 0.25) is 17.6 Å². The van der Waals surface area contributed by atoms with Crippen molar-refractivity contribution in [1.29, 1.82) is 0 Å². The lowest BCUT2D eigenvalue weighted by atomic mass is 9.94. The molecule has 5 N–H and O–H groups in total. The number of likely N-dealkylation sites (tertiary alicyclic amines) is 1. The molecule has 0 saturated carbocycles. The van der Waals surface area contributed by atoms with Crippen LogP contribution in [0.1, 0.15) is 77.1 Å². The summed E-state index contributed by atoms with van der Waals surface area (Å²) in [6.07, 6.45) is 0.517. The highest BCUT2D eigenvalue weighted by Gasteiger charge is 2.38. The molecule has 2 fully saturated rings. The molecule has 252 valence electrons. The number of amides is 7. The number of hydrogen-bond acceptors (Lipinski definition) is 8. The summed E-state index contributed by atoms with van der Waals surface area (Å²) < 4.78 is 5.47. The first-order valence-corrected chi connectivity index (χ1v) is 15.7. The van der Waals surface area contributed by atoms with Gasteiger partial charge >= 0.3 is 12.1 Å². The first kappa shape index (κ1) is 36.0. The number of hydrogen-bond donors (Lipinski definition) is 4. The molecule has 14 nitrogen and oxygen atoms in total. The van der Waals surface area contributed by atoms with Crippen molar-refractivity contribution in [3.05, 3.63) is 35.9 Å². The summed E-state index contributed by atoms with van der Waals surface area (Å²) in [5.74, 6) is -4.64. The van der Waals surface area contributed by atoms with Gasteiger partial charge in [-0.1, -0.05) is 32.0 Å². The summed E-state index contributed by atoms with van der Waals surface area (Å²) in [5, 5.41) is 7.86. The first-order valence-electron chi connectivity index (χ1n) is 15.7. The molecule has 0 aliphatic carbocycles. The molecular weight excluding hydrogens is 596 g/mol. The number of nitrogens with zero attached hydrogens (tertiary/aromatic N) is 2. The lowest BCUT2D eigenvalue weighted by molar-refractivity contribution is -0.139. The Hall–Kier alpha value is -4.49. The van der Waals surface area contributed by atoms with Crippen LogP contribution in [-0.4, -0.2) is 94.7 Å². The molecular formula is C32H46N6O8. The van der Waals surface area contributed by atoms with Crippen molar-refractivity contribution in [3.63, 3.8) is 0 Å². The van der Waals surface area contributed by atoms with E-state index in [-0.39, 0.29) is 56.2 Å². The van der Waals surface area contributed by atoms with Crippen molar-refractivity contribution in [2.24, 2.45) is 17.6 Å². The number of benzene rings is 1. The van der Waals surface area contributed by atoms with Crippen LogP contribution < -0.4 is 21.7 Å². The normalized spacial score (nSPS) is 18.3. The van der Waals surface area contributed by atoms with Gasteiger partial charge in [-0.05, 0) is 70.9 Å².